The molecule has 0 radical (unpaired) electrons. The van der Waals surface area contributed by atoms with Gasteiger partial charge in [-0.1, -0.05) is 29.8 Å². The first-order valence-electron chi connectivity index (χ1n) is 10.5. The van der Waals surface area contributed by atoms with E-state index in [1.54, 1.807) is 0 Å². The molecular formula is C23H28N2O4. The number of methoxy groups -OCH3 is 1. The molecule has 3 bridgehead atoms. The molecule has 1 aromatic carbocycles. The molecule has 1 aliphatic carbocycles. The highest BCUT2D eigenvalue weighted by atomic mass is 16.5. The van der Waals surface area contributed by atoms with E-state index < -0.39 is 10.8 Å². The number of hydrogen-bond acceptors (Lipinski definition) is 6. The molecule has 3 heterocycles. The summed E-state index contributed by atoms with van der Waals surface area (Å²) in [5, 5.41) is 3.76. The molecular weight excluding hydrogens is 368 g/mol. The zero-order chi connectivity index (χ0) is 20.4. The largest absolute Gasteiger partial charge is 0.468 e. The van der Waals surface area contributed by atoms with E-state index in [0.717, 1.165) is 37.2 Å². The van der Waals surface area contributed by atoms with E-state index in [1.165, 1.54) is 19.6 Å². The number of ether oxygens (including phenoxy) is 2. The fraction of sp³-hybridized carbons (Fsp3) is 0.565. The summed E-state index contributed by atoms with van der Waals surface area (Å²) >= 11 is 0. The summed E-state index contributed by atoms with van der Waals surface area (Å²) in [5.41, 5.74) is 2.09. The first-order chi connectivity index (χ1) is 14.0. The van der Waals surface area contributed by atoms with E-state index in [-0.39, 0.29) is 30.5 Å². The number of fused-ring (bicyclic) bond motifs is 2. The average molecular weight is 396 g/mol. The molecule has 0 amide bonds. The van der Waals surface area contributed by atoms with Crippen LogP contribution >= 0.6 is 0 Å². The molecule has 1 saturated carbocycles. The summed E-state index contributed by atoms with van der Waals surface area (Å²) in [6.45, 7) is 5.28. The van der Waals surface area contributed by atoms with Crippen LogP contribution in [0, 0.1) is 11.3 Å². The van der Waals surface area contributed by atoms with Crippen LogP contribution in [-0.4, -0.2) is 55.7 Å². The van der Waals surface area contributed by atoms with Gasteiger partial charge in [0, 0.05) is 36.5 Å². The van der Waals surface area contributed by atoms with Gasteiger partial charge in [-0.15, -0.1) is 0 Å². The Morgan fingerprint density at radius 1 is 1.34 bits per heavy atom. The van der Waals surface area contributed by atoms with E-state index in [0.29, 0.717) is 6.04 Å². The molecule has 6 nitrogen and oxygen atoms in total. The van der Waals surface area contributed by atoms with Crippen molar-refractivity contribution in [3.05, 3.63) is 41.5 Å². The summed E-state index contributed by atoms with van der Waals surface area (Å²) in [5.74, 6) is -0.636. The maximum atomic E-state index is 13.7. The van der Waals surface area contributed by atoms with Crippen molar-refractivity contribution >= 4 is 17.6 Å². The molecule has 4 aliphatic rings. The summed E-state index contributed by atoms with van der Waals surface area (Å²) < 4.78 is 11.1. The quantitative estimate of drug-likeness (QED) is 0.626. The summed E-state index contributed by atoms with van der Waals surface area (Å²) in [6.07, 6.45) is 3.85. The van der Waals surface area contributed by atoms with Crippen molar-refractivity contribution < 1.29 is 19.1 Å². The second kappa shape index (κ2) is 6.33. The number of carbonyl (C=O) groups excluding carboxylic acids is 2. The third kappa shape index (κ3) is 2.15. The molecule has 6 heteroatoms. The van der Waals surface area contributed by atoms with Crippen LogP contribution in [0.4, 0.5) is 5.69 Å². The van der Waals surface area contributed by atoms with Crippen molar-refractivity contribution in [2.45, 2.75) is 44.2 Å². The summed E-state index contributed by atoms with van der Waals surface area (Å²) in [4.78, 5) is 28.2. The number of allylic oxidation sites excluding steroid dienone is 1. The van der Waals surface area contributed by atoms with Gasteiger partial charge in [0.1, 0.15) is 12.0 Å². The number of piperidine rings is 2. The van der Waals surface area contributed by atoms with Gasteiger partial charge in [0.2, 0.25) is 0 Å². The van der Waals surface area contributed by atoms with Crippen molar-refractivity contribution in [2.75, 3.05) is 32.1 Å². The van der Waals surface area contributed by atoms with Crippen LogP contribution in [-0.2, 0) is 24.5 Å². The standard InChI is InChI=1S/C23H28N2O4/c1-4-15-12-25-10-9-22-16-7-5-6-8-18(16)24-20(22)19(25)11-17(15)23(22,21(27)28-3)13-29-14(2)26/h4-8,17,19-20,24H,9-13H2,1-3H3/b15-4-. The van der Waals surface area contributed by atoms with Gasteiger partial charge < -0.3 is 14.8 Å². The van der Waals surface area contributed by atoms with Gasteiger partial charge in [-0.3, -0.25) is 14.5 Å². The maximum Gasteiger partial charge on any atom is 0.316 e. The predicted molar refractivity (Wildman–Crippen MR) is 108 cm³/mol. The van der Waals surface area contributed by atoms with Gasteiger partial charge in [0.05, 0.1) is 13.2 Å². The number of esters is 2. The molecule has 3 aliphatic heterocycles. The predicted octanol–water partition coefficient (Wildman–Crippen LogP) is 2.50. The fourth-order valence-corrected chi connectivity index (χ4v) is 6.96. The Hall–Kier alpha value is -2.34. The Morgan fingerprint density at radius 2 is 2.14 bits per heavy atom. The highest BCUT2D eigenvalue weighted by molar-refractivity contribution is 5.85. The Morgan fingerprint density at radius 3 is 2.86 bits per heavy atom. The Bertz CT molecular complexity index is 912. The number of carbonyl (C=O) groups is 2. The van der Waals surface area contributed by atoms with E-state index in [1.807, 2.05) is 19.1 Å². The topological polar surface area (TPSA) is 67.9 Å². The molecule has 2 saturated heterocycles. The van der Waals surface area contributed by atoms with Crippen LogP contribution in [0.5, 0.6) is 0 Å². The monoisotopic (exact) mass is 396 g/mol. The van der Waals surface area contributed by atoms with Gasteiger partial charge in [0.15, 0.2) is 0 Å². The summed E-state index contributed by atoms with van der Waals surface area (Å²) in [6, 6.07) is 8.75. The lowest BCUT2D eigenvalue weighted by Gasteiger charge is -2.66. The Kier molecular flexibility index (Phi) is 4.07. The van der Waals surface area contributed by atoms with Gasteiger partial charge in [-0.05, 0) is 37.9 Å². The number of rotatable bonds is 3. The van der Waals surface area contributed by atoms with Crippen molar-refractivity contribution in [2.24, 2.45) is 11.3 Å². The number of anilines is 1. The number of nitrogens with one attached hydrogen (secondary N) is 1. The van der Waals surface area contributed by atoms with Crippen LogP contribution in [0.25, 0.3) is 0 Å². The van der Waals surface area contributed by atoms with Gasteiger partial charge in [-0.2, -0.15) is 0 Å². The average Bonchev–Trinajstić information content (AvgIpc) is 3.09. The van der Waals surface area contributed by atoms with Crippen molar-refractivity contribution in [3.63, 3.8) is 0 Å². The van der Waals surface area contributed by atoms with Crippen LogP contribution in [0.15, 0.2) is 35.9 Å². The van der Waals surface area contributed by atoms with Crippen molar-refractivity contribution in [1.29, 1.82) is 0 Å². The third-order valence-electron chi connectivity index (χ3n) is 8.02. The second-order valence-electron chi connectivity index (χ2n) is 8.82. The van der Waals surface area contributed by atoms with Crippen molar-refractivity contribution in [3.8, 4) is 0 Å². The zero-order valence-electron chi connectivity index (χ0n) is 17.2. The van der Waals surface area contributed by atoms with Gasteiger partial charge in [0.25, 0.3) is 0 Å². The molecule has 1 N–H and O–H groups in total. The van der Waals surface area contributed by atoms with Gasteiger partial charge in [-0.25, -0.2) is 0 Å². The lowest BCUT2D eigenvalue weighted by molar-refractivity contribution is -0.190. The summed E-state index contributed by atoms with van der Waals surface area (Å²) in [7, 11) is 1.46. The van der Waals surface area contributed by atoms with E-state index in [2.05, 4.69) is 28.4 Å². The van der Waals surface area contributed by atoms with Crippen LogP contribution in [0.3, 0.4) is 0 Å². The molecule has 0 spiro atoms. The zero-order valence-corrected chi connectivity index (χ0v) is 17.2. The minimum Gasteiger partial charge on any atom is -0.468 e. The lowest BCUT2D eigenvalue weighted by atomic mass is 9.42. The van der Waals surface area contributed by atoms with Gasteiger partial charge >= 0.3 is 11.9 Å². The minimum atomic E-state index is -0.942. The Balaban J connectivity index is 1.81. The number of hydrogen-bond donors (Lipinski definition) is 1. The highest BCUT2D eigenvalue weighted by Gasteiger charge is 2.75. The van der Waals surface area contributed by atoms with Crippen LogP contribution < -0.4 is 5.32 Å². The second-order valence-corrected chi connectivity index (χ2v) is 8.82. The highest BCUT2D eigenvalue weighted by Crippen LogP contribution is 2.67. The number of benzene rings is 1. The maximum absolute atomic E-state index is 13.7. The Labute approximate surface area is 171 Å². The fourth-order valence-electron chi connectivity index (χ4n) is 6.96. The van der Waals surface area contributed by atoms with Crippen LogP contribution in [0.2, 0.25) is 0 Å². The molecule has 5 unspecified atom stereocenters. The molecule has 5 atom stereocenters. The SMILES string of the molecule is C/C=C1/CN2CCC34c5ccccc5NC3C2CC1C4(COC(C)=O)C(=O)OC. The first kappa shape index (κ1) is 18.7. The van der Waals surface area contributed by atoms with E-state index in [4.69, 9.17) is 9.47 Å². The smallest absolute Gasteiger partial charge is 0.316 e. The molecule has 0 aromatic heterocycles. The molecule has 29 heavy (non-hydrogen) atoms. The molecule has 1 aromatic rings. The molecule has 5 rings (SSSR count). The van der Waals surface area contributed by atoms with Crippen LogP contribution in [0.1, 0.15) is 32.3 Å². The van der Waals surface area contributed by atoms with E-state index in [9.17, 15) is 9.59 Å². The van der Waals surface area contributed by atoms with E-state index >= 15 is 0 Å². The third-order valence-corrected chi connectivity index (χ3v) is 8.02. The number of nitrogens with zero attached hydrogens (tertiary/aromatic N) is 1. The first-order valence-corrected chi connectivity index (χ1v) is 10.5. The molecule has 154 valence electrons. The molecule has 3 fully saturated rings. The normalized spacial score (nSPS) is 38.2. The van der Waals surface area contributed by atoms with Crippen molar-refractivity contribution in [1.82, 2.24) is 4.90 Å². The minimum absolute atomic E-state index is 0.00921. The number of para-hydroxylation sites is 1. The lowest BCUT2D eigenvalue weighted by Crippen LogP contribution is -2.77.